The zero-order valence-electron chi connectivity index (χ0n) is 57.0. The molecule has 0 spiro atoms. The van der Waals surface area contributed by atoms with Crippen LogP contribution in [0.25, 0.3) is 0 Å². The predicted octanol–water partition coefficient (Wildman–Crippen LogP) is 30.6. The van der Waals surface area contributed by atoms with E-state index in [0.29, 0.717) is 0 Å². The molecule has 0 aromatic heterocycles. The van der Waals surface area contributed by atoms with Crippen molar-refractivity contribution >= 4 is 0 Å². The molecule has 0 unspecified atom stereocenters. The van der Waals surface area contributed by atoms with Gasteiger partial charge in [0, 0.05) is 0 Å². The maximum absolute atomic E-state index is 2.57. The van der Waals surface area contributed by atoms with Gasteiger partial charge in [-0.1, -0.05) is 446 Å². The predicted molar refractivity (Wildman–Crippen MR) is 366 cm³/mol. The van der Waals surface area contributed by atoms with Gasteiger partial charge in [-0.15, -0.1) is 0 Å². The second kappa shape index (κ2) is 89.9. The minimum atomic E-state index is 0. The van der Waals surface area contributed by atoms with Crippen molar-refractivity contribution in [2.24, 2.45) is 0 Å². The molecular formula is C78H159Ti. The standard InChI is InChI=1S/3C26H53.Ti/c3*1-3-5-7-9-11-13-15-17-19-21-23-25-26-24-22-20-18-16-14-12-10-8-6-4-2;/h3*25H,3-24,26H2,1-2H3;/q3*-1;+3. The molecule has 0 amide bonds. The summed E-state index contributed by atoms with van der Waals surface area (Å²) in [5.74, 6) is 0. The number of rotatable bonds is 69. The van der Waals surface area contributed by atoms with Crippen molar-refractivity contribution in [3.8, 4) is 0 Å². The molecule has 0 N–H and O–H groups in total. The van der Waals surface area contributed by atoms with Gasteiger partial charge >= 0.3 is 21.7 Å². The Morgan fingerprint density at radius 3 is 0.278 bits per heavy atom. The molecule has 0 aliphatic heterocycles. The van der Waals surface area contributed by atoms with Gasteiger partial charge in [0.05, 0.1) is 0 Å². The molecule has 79 heavy (non-hydrogen) atoms. The Morgan fingerprint density at radius 1 is 0.114 bits per heavy atom. The first kappa shape index (κ1) is 86.2. The van der Waals surface area contributed by atoms with E-state index in [1.54, 1.807) is 0 Å². The van der Waals surface area contributed by atoms with Gasteiger partial charge in [0.1, 0.15) is 0 Å². The topological polar surface area (TPSA) is 0 Å². The molecule has 0 atom stereocenters. The second-order valence-corrected chi connectivity index (χ2v) is 25.8. The molecule has 0 aliphatic rings. The monoisotopic (exact) mass is 1140 g/mol. The van der Waals surface area contributed by atoms with Gasteiger partial charge in [0.15, 0.2) is 0 Å². The van der Waals surface area contributed by atoms with Gasteiger partial charge in [0.2, 0.25) is 0 Å². The molecule has 0 aromatic rings. The summed E-state index contributed by atoms with van der Waals surface area (Å²) in [5, 5.41) is 0. The van der Waals surface area contributed by atoms with Crippen molar-refractivity contribution in [3.63, 3.8) is 0 Å². The molecule has 0 aliphatic carbocycles. The van der Waals surface area contributed by atoms with Crippen LogP contribution in [0.5, 0.6) is 0 Å². The number of unbranched alkanes of at least 4 members (excludes halogenated alkanes) is 69. The zero-order chi connectivity index (χ0) is 56.9. The van der Waals surface area contributed by atoms with Crippen LogP contribution in [-0.4, -0.2) is 0 Å². The third-order valence-electron chi connectivity index (χ3n) is 17.3. The van der Waals surface area contributed by atoms with Gasteiger partial charge < -0.3 is 19.3 Å². The summed E-state index contributed by atoms with van der Waals surface area (Å²) in [4.78, 5) is 0. The Labute approximate surface area is 522 Å². The van der Waals surface area contributed by atoms with Crippen LogP contribution < -0.4 is 0 Å². The molecule has 1 radical (unpaired) electrons. The summed E-state index contributed by atoms with van der Waals surface area (Å²) in [6, 6.07) is 0. The van der Waals surface area contributed by atoms with Crippen LogP contribution in [0.1, 0.15) is 485 Å². The second-order valence-electron chi connectivity index (χ2n) is 25.8. The molecule has 0 heterocycles. The summed E-state index contributed by atoms with van der Waals surface area (Å²) in [6.07, 6.45) is 108. The average Bonchev–Trinajstić information content (AvgIpc) is 3.45. The summed E-state index contributed by atoms with van der Waals surface area (Å²) < 4.78 is 0. The van der Waals surface area contributed by atoms with Crippen molar-refractivity contribution in [3.05, 3.63) is 19.3 Å². The molecule has 1 heteroatoms. The zero-order valence-corrected chi connectivity index (χ0v) is 58.6. The molecule has 0 rings (SSSR count). The van der Waals surface area contributed by atoms with Crippen LogP contribution in [0, 0.1) is 19.3 Å². The Hall–Kier alpha value is 0.714. The molecule has 0 nitrogen and oxygen atoms in total. The van der Waals surface area contributed by atoms with Gasteiger partial charge in [-0.2, -0.15) is 38.5 Å². The van der Waals surface area contributed by atoms with Crippen LogP contribution in [-0.2, 0) is 21.7 Å². The molecule has 0 aromatic carbocycles. The summed E-state index contributed by atoms with van der Waals surface area (Å²) in [7, 11) is 0. The first-order chi connectivity index (χ1) is 38.7. The normalized spacial score (nSPS) is 11.2. The van der Waals surface area contributed by atoms with E-state index in [-0.39, 0.29) is 21.7 Å². The van der Waals surface area contributed by atoms with E-state index in [1.807, 2.05) is 0 Å². The van der Waals surface area contributed by atoms with Crippen molar-refractivity contribution in [1.29, 1.82) is 0 Å². The Morgan fingerprint density at radius 2 is 0.190 bits per heavy atom. The number of hydrogen-bond acceptors (Lipinski definition) is 0. The summed E-state index contributed by atoms with van der Waals surface area (Å²) in [6.45, 7) is 13.8. The molecule has 0 saturated carbocycles. The minimum Gasteiger partial charge on any atom is -0.328 e. The van der Waals surface area contributed by atoms with Crippen LogP contribution >= 0.6 is 0 Å². The van der Waals surface area contributed by atoms with E-state index in [2.05, 4.69) is 60.8 Å². The SMILES string of the molecule is CCCCCCCCCCCC[CH-]CCCCCCCCCCCCC.CCCCCCCCCCCC[CH-]CCCCCCCCCCCCC.CCCCCCCCCCCC[CH-]CCCCCCCCCCCCC.[Ti+3]. The summed E-state index contributed by atoms with van der Waals surface area (Å²) in [5.41, 5.74) is 0. The molecule has 0 saturated heterocycles. The Bertz CT molecular complexity index is 710. The average molecular weight is 1140 g/mol. The molecule has 475 valence electrons. The fourth-order valence-corrected chi connectivity index (χ4v) is 11.6. The van der Waals surface area contributed by atoms with Crippen LogP contribution in [0.15, 0.2) is 0 Å². The largest absolute Gasteiger partial charge is 3.00 e. The maximum Gasteiger partial charge on any atom is 3.00 e. The third kappa shape index (κ3) is 95.3. The van der Waals surface area contributed by atoms with E-state index < -0.39 is 0 Å². The van der Waals surface area contributed by atoms with Crippen molar-refractivity contribution < 1.29 is 21.7 Å². The molecular weight excluding hydrogens is 985 g/mol. The van der Waals surface area contributed by atoms with E-state index in [4.69, 9.17) is 0 Å². The van der Waals surface area contributed by atoms with E-state index in [1.165, 1.54) is 443 Å². The Kier molecular flexibility index (Phi) is 98.1. The van der Waals surface area contributed by atoms with Crippen LogP contribution in [0.3, 0.4) is 0 Å². The quantitative estimate of drug-likeness (QED) is 0.0323. The van der Waals surface area contributed by atoms with Crippen molar-refractivity contribution in [2.45, 2.75) is 485 Å². The fourth-order valence-electron chi connectivity index (χ4n) is 11.6. The maximum atomic E-state index is 2.57. The first-order valence-corrected chi connectivity index (χ1v) is 38.2. The third-order valence-corrected chi connectivity index (χ3v) is 17.3. The van der Waals surface area contributed by atoms with Gasteiger partial charge in [0.25, 0.3) is 0 Å². The van der Waals surface area contributed by atoms with E-state index in [9.17, 15) is 0 Å². The van der Waals surface area contributed by atoms with Gasteiger partial charge in [-0.3, -0.25) is 0 Å². The van der Waals surface area contributed by atoms with Crippen molar-refractivity contribution in [2.75, 3.05) is 0 Å². The Balaban J connectivity index is -0.000000531. The van der Waals surface area contributed by atoms with E-state index >= 15 is 0 Å². The minimum absolute atomic E-state index is 0. The van der Waals surface area contributed by atoms with E-state index in [0.717, 1.165) is 0 Å². The van der Waals surface area contributed by atoms with Crippen LogP contribution in [0.2, 0.25) is 0 Å². The summed E-state index contributed by atoms with van der Waals surface area (Å²) >= 11 is 0. The van der Waals surface area contributed by atoms with Gasteiger partial charge in [-0.25, -0.2) is 0 Å². The van der Waals surface area contributed by atoms with Crippen molar-refractivity contribution in [1.82, 2.24) is 0 Å². The number of hydrogen-bond donors (Lipinski definition) is 0. The van der Waals surface area contributed by atoms with Crippen LogP contribution in [0.4, 0.5) is 0 Å². The van der Waals surface area contributed by atoms with Gasteiger partial charge in [-0.05, 0) is 0 Å². The molecule has 0 fully saturated rings. The molecule has 0 bridgehead atoms. The smallest absolute Gasteiger partial charge is 0.328 e. The fraction of sp³-hybridized carbons (Fsp3) is 0.962. The first-order valence-electron chi connectivity index (χ1n) is 38.2.